The number of rotatable bonds is 2. The monoisotopic (exact) mass is 286 g/mol. The Labute approximate surface area is 124 Å². The van der Waals surface area contributed by atoms with Gasteiger partial charge in [-0.1, -0.05) is 32.9 Å². The molecule has 1 aromatic carbocycles. The van der Waals surface area contributed by atoms with Crippen LogP contribution < -0.4 is 5.32 Å². The van der Waals surface area contributed by atoms with Crippen molar-refractivity contribution in [2.24, 2.45) is 17.3 Å². The molecule has 2 aromatic rings. The number of amides is 1. The number of fused-ring (bicyclic) bond motifs is 1. The number of hydrogen-bond donors (Lipinski definition) is 1. The van der Waals surface area contributed by atoms with Gasteiger partial charge in [-0.05, 0) is 42.7 Å². The van der Waals surface area contributed by atoms with Crippen LogP contribution in [0.15, 0.2) is 28.7 Å². The molecule has 3 rings (SSSR count). The summed E-state index contributed by atoms with van der Waals surface area (Å²) in [4.78, 5) is 16.8. The minimum atomic E-state index is 0.0289. The molecule has 1 N–H and O–H groups in total. The van der Waals surface area contributed by atoms with Crippen LogP contribution in [0.4, 0.5) is 6.01 Å². The van der Waals surface area contributed by atoms with Crippen LogP contribution in [0.25, 0.3) is 11.1 Å². The summed E-state index contributed by atoms with van der Waals surface area (Å²) < 4.78 is 5.57. The molecule has 21 heavy (non-hydrogen) atoms. The number of carbonyl (C=O) groups excluding carboxylic acids is 1. The minimum absolute atomic E-state index is 0.0289. The SMILES string of the molecule is CC1CC(C(=O)Nc2nc3ccccc3o2)CC(C)(C)C1. The van der Waals surface area contributed by atoms with E-state index in [4.69, 9.17) is 4.42 Å². The van der Waals surface area contributed by atoms with E-state index in [1.54, 1.807) is 0 Å². The highest BCUT2D eigenvalue weighted by molar-refractivity contribution is 5.91. The number of benzene rings is 1. The normalized spacial score (nSPS) is 24.9. The van der Waals surface area contributed by atoms with Crippen molar-refractivity contribution >= 4 is 23.0 Å². The molecule has 1 aliphatic rings. The van der Waals surface area contributed by atoms with Crippen molar-refractivity contribution < 1.29 is 9.21 Å². The number of anilines is 1. The van der Waals surface area contributed by atoms with Gasteiger partial charge in [0.2, 0.25) is 5.91 Å². The van der Waals surface area contributed by atoms with Crippen molar-refractivity contribution in [1.29, 1.82) is 0 Å². The number of carbonyl (C=O) groups is 1. The lowest BCUT2D eigenvalue weighted by atomic mass is 9.68. The van der Waals surface area contributed by atoms with E-state index in [-0.39, 0.29) is 17.2 Å². The van der Waals surface area contributed by atoms with Crippen LogP contribution in [0.3, 0.4) is 0 Å². The second-order valence-corrected chi connectivity index (χ2v) is 7.09. The van der Waals surface area contributed by atoms with Crippen LogP contribution in [-0.2, 0) is 4.79 Å². The van der Waals surface area contributed by atoms with Gasteiger partial charge in [0.25, 0.3) is 0 Å². The quantitative estimate of drug-likeness (QED) is 0.898. The summed E-state index contributed by atoms with van der Waals surface area (Å²) in [5.41, 5.74) is 1.69. The van der Waals surface area contributed by atoms with Crippen molar-refractivity contribution in [1.82, 2.24) is 4.98 Å². The summed E-state index contributed by atoms with van der Waals surface area (Å²) >= 11 is 0. The van der Waals surface area contributed by atoms with Crippen molar-refractivity contribution in [3.63, 3.8) is 0 Å². The van der Waals surface area contributed by atoms with Gasteiger partial charge in [-0.3, -0.25) is 10.1 Å². The fraction of sp³-hybridized carbons (Fsp3) is 0.529. The third-order valence-electron chi connectivity index (χ3n) is 4.28. The zero-order valence-electron chi connectivity index (χ0n) is 12.8. The standard InChI is InChI=1S/C17H22N2O2/c1-11-8-12(10-17(2,3)9-11)15(20)19-16-18-13-6-4-5-7-14(13)21-16/h4-7,11-12H,8-10H2,1-3H3,(H,18,19,20). The van der Waals surface area contributed by atoms with Crippen LogP contribution in [-0.4, -0.2) is 10.9 Å². The van der Waals surface area contributed by atoms with Gasteiger partial charge in [-0.15, -0.1) is 0 Å². The van der Waals surface area contributed by atoms with Crippen LogP contribution >= 0.6 is 0 Å². The number of hydrogen-bond acceptors (Lipinski definition) is 3. The Kier molecular flexibility index (Phi) is 3.47. The first-order valence-electron chi connectivity index (χ1n) is 7.59. The van der Waals surface area contributed by atoms with Crippen LogP contribution in [0, 0.1) is 17.3 Å². The maximum atomic E-state index is 12.5. The van der Waals surface area contributed by atoms with Crippen LogP contribution in [0.2, 0.25) is 0 Å². The molecular weight excluding hydrogens is 264 g/mol. The van der Waals surface area contributed by atoms with Crippen LogP contribution in [0.1, 0.15) is 40.0 Å². The van der Waals surface area contributed by atoms with Crippen molar-refractivity contribution in [3.8, 4) is 0 Å². The van der Waals surface area contributed by atoms with Gasteiger partial charge in [-0.25, -0.2) is 0 Å². The number of aromatic nitrogens is 1. The van der Waals surface area contributed by atoms with Gasteiger partial charge in [-0.2, -0.15) is 4.98 Å². The summed E-state index contributed by atoms with van der Waals surface area (Å²) in [5.74, 6) is 0.646. The summed E-state index contributed by atoms with van der Waals surface area (Å²) in [5, 5.41) is 2.84. The molecule has 0 aliphatic heterocycles. The smallest absolute Gasteiger partial charge is 0.302 e. The summed E-state index contributed by atoms with van der Waals surface area (Å²) in [7, 11) is 0. The van der Waals surface area contributed by atoms with E-state index in [0.717, 1.165) is 18.4 Å². The maximum Gasteiger partial charge on any atom is 0.302 e. The molecule has 1 fully saturated rings. The Bertz CT molecular complexity index is 627. The molecule has 1 amide bonds. The number of para-hydroxylation sites is 2. The largest absolute Gasteiger partial charge is 0.423 e. The third-order valence-corrected chi connectivity index (χ3v) is 4.28. The second-order valence-electron chi connectivity index (χ2n) is 7.09. The topological polar surface area (TPSA) is 55.1 Å². The predicted molar refractivity (Wildman–Crippen MR) is 82.9 cm³/mol. The Morgan fingerprint density at radius 3 is 2.81 bits per heavy atom. The molecular formula is C17H22N2O2. The lowest BCUT2D eigenvalue weighted by molar-refractivity contribution is -0.122. The average Bonchev–Trinajstić information content (AvgIpc) is 2.78. The van der Waals surface area contributed by atoms with Gasteiger partial charge in [0, 0.05) is 5.92 Å². The molecule has 2 unspecified atom stereocenters. The van der Waals surface area contributed by atoms with Gasteiger partial charge >= 0.3 is 6.01 Å². The first kappa shape index (κ1) is 14.1. The van der Waals surface area contributed by atoms with Crippen molar-refractivity contribution in [2.75, 3.05) is 5.32 Å². The second kappa shape index (κ2) is 5.17. The van der Waals surface area contributed by atoms with Crippen molar-refractivity contribution in [2.45, 2.75) is 40.0 Å². The molecule has 0 bridgehead atoms. The lowest BCUT2D eigenvalue weighted by Gasteiger charge is -2.38. The van der Waals surface area contributed by atoms with E-state index in [2.05, 4.69) is 31.1 Å². The Balaban J connectivity index is 1.73. The van der Waals surface area contributed by atoms with Crippen LogP contribution in [0.5, 0.6) is 0 Å². The first-order chi connectivity index (χ1) is 9.93. The molecule has 1 aliphatic carbocycles. The molecule has 1 heterocycles. The molecule has 1 saturated carbocycles. The Morgan fingerprint density at radius 2 is 2.10 bits per heavy atom. The maximum absolute atomic E-state index is 12.5. The molecule has 4 nitrogen and oxygen atoms in total. The first-order valence-corrected chi connectivity index (χ1v) is 7.59. The average molecular weight is 286 g/mol. The zero-order chi connectivity index (χ0) is 15.0. The number of nitrogens with zero attached hydrogens (tertiary/aromatic N) is 1. The molecule has 1 aromatic heterocycles. The van der Waals surface area contributed by atoms with Crippen molar-refractivity contribution in [3.05, 3.63) is 24.3 Å². The zero-order valence-corrected chi connectivity index (χ0v) is 12.8. The molecule has 0 saturated heterocycles. The van der Waals surface area contributed by atoms with E-state index >= 15 is 0 Å². The van der Waals surface area contributed by atoms with Gasteiger partial charge < -0.3 is 4.42 Å². The fourth-order valence-corrected chi connectivity index (χ4v) is 3.68. The molecule has 4 heteroatoms. The molecule has 112 valence electrons. The highest BCUT2D eigenvalue weighted by Crippen LogP contribution is 2.42. The fourth-order valence-electron chi connectivity index (χ4n) is 3.68. The van der Waals surface area contributed by atoms with Gasteiger partial charge in [0.05, 0.1) is 0 Å². The summed E-state index contributed by atoms with van der Waals surface area (Å²) in [6.07, 6.45) is 3.04. The Morgan fingerprint density at radius 1 is 1.33 bits per heavy atom. The van der Waals surface area contributed by atoms with E-state index in [0.29, 0.717) is 17.5 Å². The summed E-state index contributed by atoms with van der Waals surface area (Å²) in [6.45, 7) is 6.70. The van der Waals surface area contributed by atoms with Gasteiger partial charge in [0.15, 0.2) is 5.58 Å². The molecule has 0 radical (unpaired) electrons. The molecule has 0 spiro atoms. The lowest BCUT2D eigenvalue weighted by Crippen LogP contribution is -2.34. The van der Waals surface area contributed by atoms with E-state index in [1.165, 1.54) is 6.42 Å². The number of oxazole rings is 1. The molecule has 2 atom stereocenters. The van der Waals surface area contributed by atoms with E-state index < -0.39 is 0 Å². The van der Waals surface area contributed by atoms with Gasteiger partial charge in [0.1, 0.15) is 5.52 Å². The third kappa shape index (κ3) is 3.09. The minimum Gasteiger partial charge on any atom is -0.423 e. The summed E-state index contributed by atoms with van der Waals surface area (Å²) in [6, 6.07) is 7.83. The number of nitrogens with one attached hydrogen (secondary N) is 1. The Hall–Kier alpha value is -1.84. The highest BCUT2D eigenvalue weighted by Gasteiger charge is 2.35. The predicted octanol–water partition coefficient (Wildman–Crippen LogP) is 4.23. The van der Waals surface area contributed by atoms with E-state index in [9.17, 15) is 4.79 Å². The van der Waals surface area contributed by atoms with E-state index in [1.807, 2.05) is 24.3 Å². The highest BCUT2D eigenvalue weighted by atomic mass is 16.4.